The third-order valence-corrected chi connectivity index (χ3v) is 5.83. The first-order valence-corrected chi connectivity index (χ1v) is 9.85. The van der Waals surface area contributed by atoms with Crippen molar-refractivity contribution in [2.45, 2.75) is 51.6 Å². The Hall–Kier alpha value is -2.28. The van der Waals surface area contributed by atoms with E-state index in [1.165, 1.54) is 11.3 Å². The topological polar surface area (TPSA) is 67.2 Å². The predicted molar refractivity (Wildman–Crippen MR) is 102 cm³/mol. The second-order valence-corrected chi connectivity index (χ2v) is 7.90. The summed E-state index contributed by atoms with van der Waals surface area (Å²) in [6.07, 6.45) is 6.74. The first-order chi connectivity index (χ1) is 13.0. The molecule has 4 heterocycles. The molecule has 2 aromatic heterocycles. The van der Waals surface area contributed by atoms with Crippen LogP contribution in [0.4, 0.5) is 0 Å². The van der Waals surface area contributed by atoms with Gasteiger partial charge >= 0.3 is 0 Å². The Kier molecular flexibility index (Phi) is 4.95. The van der Waals surface area contributed by atoms with Crippen LogP contribution >= 0.6 is 0 Å². The minimum Gasteiger partial charge on any atom is -0.340 e. The molecular weight excluding hydrogens is 340 g/mol. The standard InChI is InChI=1S/C20H28N6O/c1-14-6-8-22-26(14)15(2)20(27)25-9-4-5-16(13-25)19-21-11-17-12-24(3)10-7-18(17)23-19/h6,8,11,15-16H,4-5,7,9-10,12-13H2,1-3H3/t15-,16-/m1/s1. The van der Waals surface area contributed by atoms with Crippen LogP contribution in [0, 0.1) is 6.92 Å². The summed E-state index contributed by atoms with van der Waals surface area (Å²) in [6.45, 7) is 7.37. The maximum atomic E-state index is 13.0. The number of likely N-dealkylation sites (N-methyl/N-ethyl adjacent to an activating group) is 1. The molecule has 1 amide bonds. The number of piperidine rings is 1. The van der Waals surface area contributed by atoms with Gasteiger partial charge in [-0.25, -0.2) is 9.97 Å². The van der Waals surface area contributed by atoms with Crippen molar-refractivity contribution in [1.82, 2.24) is 29.5 Å². The van der Waals surface area contributed by atoms with Crippen molar-refractivity contribution >= 4 is 5.91 Å². The van der Waals surface area contributed by atoms with Crippen molar-refractivity contribution in [3.05, 3.63) is 41.2 Å². The smallest absolute Gasteiger partial charge is 0.247 e. The van der Waals surface area contributed by atoms with Gasteiger partial charge in [0.15, 0.2) is 0 Å². The molecule has 2 aromatic rings. The summed E-state index contributed by atoms with van der Waals surface area (Å²) < 4.78 is 1.80. The van der Waals surface area contributed by atoms with Gasteiger partial charge in [0.25, 0.3) is 0 Å². The van der Waals surface area contributed by atoms with Crippen molar-refractivity contribution in [1.29, 1.82) is 0 Å². The van der Waals surface area contributed by atoms with Gasteiger partial charge in [0.2, 0.25) is 5.91 Å². The Labute approximate surface area is 160 Å². The summed E-state index contributed by atoms with van der Waals surface area (Å²) >= 11 is 0. The third-order valence-electron chi connectivity index (χ3n) is 5.83. The number of hydrogen-bond acceptors (Lipinski definition) is 5. The number of hydrogen-bond donors (Lipinski definition) is 0. The van der Waals surface area contributed by atoms with Crippen LogP contribution in [0.25, 0.3) is 0 Å². The van der Waals surface area contributed by atoms with Gasteiger partial charge < -0.3 is 9.80 Å². The van der Waals surface area contributed by atoms with E-state index in [0.29, 0.717) is 6.54 Å². The lowest BCUT2D eigenvalue weighted by atomic mass is 9.96. The molecule has 0 N–H and O–H groups in total. The zero-order valence-corrected chi connectivity index (χ0v) is 16.4. The van der Waals surface area contributed by atoms with E-state index in [1.54, 1.807) is 10.9 Å². The molecule has 7 heteroatoms. The molecule has 2 aliphatic rings. The molecule has 0 aliphatic carbocycles. The van der Waals surface area contributed by atoms with Crippen LogP contribution in [0.3, 0.4) is 0 Å². The highest BCUT2D eigenvalue weighted by Crippen LogP contribution is 2.27. The van der Waals surface area contributed by atoms with Gasteiger partial charge in [-0.15, -0.1) is 0 Å². The summed E-state index contributed by atoms with van der Waals surface area (Å²) in [5.41, 5.74) is 3.42. The zero-order chi connectivity index (χ0) is 19.0. The molecule has 2 aliphatic heterocycles. The first kappa shape index (κ1) is 18.1. The summed E-state index contributed by atoms with van der Waals surface area (Å²) in [5, 5.41) is 4.30. The van der Waals surface area contributed by atoms with Crippen LogP contribution in [0.15, 0.2) is 18.5 Å². The van der Waals surface area contributed by atoms with Crippen LogP contribution in [-0.4, -0.2) is 62.1 Å². The van der Waals surface area contributed by atoms with E-state index in [9.17, 15) is 4.79 Å². The molecule has 7 nitrogen and oxygen atoms in total. The molecule has 4 rings (SSSR count). The second kappa shape index (κ2) is 7.38. The van der Waals surface area contributed by atoms with E-state index in [0.717, 1.165) is 50.4 Å². The fourth-order valence-corrected chi connectivity index (χ4v) is 4.21. The molecule has 1 saturated heterocycles. The van der Waals surface area contributed by atoms with E-state index in [2.05, 4.69) is 22.0 Å². The lowest BCUT2D eigenvalue weighted by Gasteiger charge is -2.34. The van der Waals surface area contributed by atoms with Crippen LogP contribution in [0.5, 0.6) is 0 Å². The van der Waals surface area contributed by atoms with Gasteiger partial charge in [-0.1, -0.05) is 0 Å². The predicted octanol–water partition coefficient (Wildman–Crippen LogP) is 1.94. The Morgan fingerprint density at radius 3 is 2.96 bits per heavy atom. The van der Waals surface area contributed by atoms with Crippen LogP contribution in [-0.2, 0) is 17.8 Å². The van der Waals surface area contributed by atoms with E-state index in [1.807, 2.05) is 31.0 Å². The van der Waals surface area contributed by atoms with Crippen LogP contribution in [0.1, 0.15) is 54.5 Å². The molecule has 0 radical (unpaired) electrons. The van der Waals surface area contributed by atoms with Crippen molar-refractivity contribution in [2.24, 2.45) is 0 Å². The Morgan fingerprint density at radius 1 is 1.33 bits per heavy atom. The van der Waals surface area contributed by atoms with Gasteiger partial charge in [-0.2, -0.15) is 5.10 Å². The zero-order valence-electron chi connectivity index (χ0n) is 16.4. The molecule has 1 fully saturated rings. The molecule has 0 aromatic carbocycles. The number of aromatic nitrogens is 4. The first-order valence-electron chi connectivity index (χ1n) is 9.85. The summed E-state index contributed by atoms with van der Waals surface area (Å²) in [7, 11) is 2.13. The van der Waals surface area contributed by atoms with Gasteiger partial charge in [0, 0.05) is 67.9 Å². The van der Waals surface area contributed by atoms with E-state index in [-0.39, 0.29) is 17.9 Å². The summed E-state index contributed by atoms with van der Waals surface area (Å²) in [4.78, 5) is 26.8. The number of amides is 1. The number of nitrogens with zero attached hydrogens (tertiary/aromatic N) is 6. The quantitative estimate of drug-likeness (QED) is 0.828. The SMILES string of the molecule is Cc1ccnn1[C@H](C)C(=O)N1CCC[C@@H](c2ncc3c(n2)CCN(C)C3)C1. The molecule has 0 unspecified atom stereocenters. The van der Waals surface area contributed by atoms with Gasteiger partial charge in [-0.3, -0.25) is 9.48 Å². The average Bonchev–Trinajstić information content (AvgIpc) is 3.12. The molecule has 0 bridgehead atoms. The van der Waals surface area contributed by atoms with Gasteiger partial charge in [0.05, 0.1) is 0 Å². The van der Waals surface area contributed by atoms with Gasteiger partial charge in [-0.05, 0) is 39.8 Å². The highest BCUT2D eigenvalue weighted by atomic mass is 16.2. The van der Waals surface area contributed by atoms with Crippen molar-refractivity contribution in [3.8, 4) is 0 Å². The summed E-state index contributed by atoms with van der Waals surface area (Å²) in [5.74, 6) is 1.25. The highest BCUT2D eigenvalue weighted by molar-refractivity contribution is 5.80. The lowest BCUT2D eigenvalue weighted by molar-refractivity contribution is -0.135. The Balaban J connectivity index is 1.48. The number of likely N-dealkylation sites (tertiary alicyclic amines) is 1. The minimum absolute atomic E-state index is 0.131. The Bertz CT molecular complexity index is 832. The number of fused-ring (bicyclic) bond motifs is 1. The van der Waals surface area contributed by atoms with E-state index < -0.39 is 0 Å². The van der Waals surface area contributed by atoms with E-state index >= 15 is 0 Å². The molecule has 2 atom stereocenters. The highest BCUT2D eigenvalue weighted by Gasteiger charge is 2.30. The fourth-order valence-electron chi connectivity index (χ4n) is 4.21. The number of carbonyl (C=O) groups is 1. The van der Waals surface area contributed by atoms with Crippen LogP contribution < -0.4 is 0 Å². The number of rotatable bonds is 3. The lowest BCUT2D eigenvalue weighted by Crippen LogP contribution is -2.43. The molecule has 27 heavy (non-hydrogen) atoms. The molecular formula is C20H28N6O. The van der Waals surface area contributed by atoms with Crippen molar-refractivity contribution in [2.75, 3.05) is 26.7 Å². The number of aryl methyl sites for hydroxylation is 1. The average molecular weight is 368 g/mol. The molecule has 0 saturated carbocycles. The maximum Gasteiger partial charge on any atom is 0.247 e. The van der Waals surface area contributed by atoms with E-state index in [4.69, 9.17) is 4.98 Å². The minimum atomic E-state index is -0.279. The number of carbonyl (C=O) groups excluding carboxylic acids is 1. The van der Waals surface area contributed by atoms with Crippen molar-refractivity contribution in [3.63, 3.8) is 0 Å². The third kappa shape index (κ3) is 3.60. The van der Waals surface area contributed by atoms with Crippen LogP contribution in [0.2, 0.25) is 0 Å². The molecule has 0 spiro atoms. The Morgan fingerprint density at radius 2 is 2.19 bits per heavy atom. The largest absolute Gasteiger partial charge is 0.340 e. The molecule has 144 valence electrons. The van der Waals surface area contributed by atoms with Gasteiger partial charge in [0.1, 0.15) is 11.9 Å². The fraction of sp³-hybridized carbons (Fsp3) is 0.600. The second-order valence-electron chi connectivity index (χ2n) is 7.90. The maximum absolute atomic E-state index is 13.0. The monoisotopic (exact) mass is 368 g/mol. The van der Waals surface area contributed by atoms with Crippen molar-refractivity contribution < 1.29 is 4.79 Å². The normalized spacial score (nSPS) is 21.7. The summed E-state index contributed by atoms with van der Waals surface area (Å²) in [6, 6.07) is 1.65.